The lowest BCUT2D eigenvalue weighted by atomic mass is 10.0. The summed E-state index contributed by atoms with van der Waals surface area (Å²) in [5, 5.41) is 16.7. The zero-order valence-electron chi connectivity index (χ0n) is 13.3. The number of halogens is 2. The Kier molecular flexibility index (Phi) is 4.62. The average Bonchev–Trinajstić information content (AvgIpc) is 3.16. The summed E-state index contributed by atoms with van der Waals surface area (Å²) in [4.78, 5) is 14.1. The van der Waals surface area contributed by atoms with Crippen molar-refractivity contribution in [2.75, 3.05) is 6.54 Å². The number of aliphatic hydroxyl groups is 1. The normalized spacial score (nSPS) is 20.6. The first-order valence-electron chi connectivity index (χ1n) is 7.97. The number of likely N-dealkylation sites (tertiary alicyclic amines) is 1. The summed E-state index contributed by atoms with van der Waals surface area (Å²) in [5.74, 6) is -1.58. The number of carbonyl (C=O) groups excluding carboxylic acids is 1. The van der Waals surface area contributed by atoms with Crippen molar-refractivity contribution in [3.05, 3.63) is 52.9 Å². The maximum absolute atomic E-state index is 14.1. The summed E-state index contributed by atoms with van der Waals surface area (Å²) in [6.45, 7) is 2.08. The van der Waals surface area contributed by atoms with Gasteiger partial charge in [0.25, 0.3) is 5.91 Å². The average molecular weight is 335 g/mol. The molecule has 2 heterocycles. The highest BCUT2D eigenvalue weighted by Crippen LogP contribution is 2.35. The first-order valence-corrected chi connectivity index (χ1v) is 7.97. The molecule has 0 radical (unpaired) electrons. The summed E-state index contributed by atoms with van der Waals surface area (Å²) >= 11 is 0. The molecule has 3 rings (SSSR count). The molecule has 1 aliphatic heterocycles. The number of carbonyl (C=O) groups is 1. The maximum Gasteiger partial charge on any atom is 0.274 e. The lowest BCUT2D eigenvalue weighted by Gasteiger charge is -2.24. The zero-order chi connectivity index (χ0) is 17.3. The number of amides is 1. The van der Waals surface area contributed by atoms with Gasteiger partial charge >= 0.3 is 0 Å². The highest BCUT2D eigenvalue weighted by atomic mass is 19.1. The maximum atomic E-state index is 14.1. The zero-order valence-corrected chi connectivity index (χ0v) is 13.3. The number of nitrogens with zero attached hydrogens (tertiary/aromatic N) is 2. The van der Waals surface area contributed by atoms with E-state index in [1.165, 1.54) is 4.90 Å². The van der Waals surface area contributed by atoms with Crippen LogP contribution < -0.4 is 0 Å². The summed E-state index contributed by atoms with van der Waals surface area (Å²) in [6.07, 6.45) is 1.06. The van der Waals surface area contributed by atoms with Crippen molar-refractivity contribution in [3.63, 3.8) is 0 Å². The van der Waals surface area contributed by atoms with Crippen molar-refractivity contribution in [2.24, 2.45) is 0 Å². The second-order valence-electron chi connectivity index (χ2n) is 6.06. The number of aliphatic hydroxyl groups excluding tert-OH is 1. The van der Waals surface area contributed by atoms with E-state index in [0.29, 0.717) is 0 Å². The van der Waals surface area contributed by atoms with Gasteiger partial charge in [0.1, 0.15) is 17.3 Å². The molecule has 2 unspecified atom stereocenters. The van der Waals surface area contributed by atoms with E-state index < -0.39 is 29.7 Å². The quantitative estimate of drug-likeness (QED) is 0.902. The van der Waals surface area contributed by atoms with E-state index in [2.05, 4.69) is 10.2 Å². The van der Waals surface area contributed by atoms with E-state index in [4.69, 9.17) is 0 Å². The van der Waals surface area contributed by atoms with Crippen LogP contribution in [0.1, 0.15) is 47.6 Å². The van der Waals surface area contributed by atoms with Gasteiger partial charge in [0, 0.05) is 17.8 Å². The van der Waals surface area contributed by atoms with Gasteiger partial charge in [-0.2, -0.15) is 5.10 Å². The van der Waals surface area contributed by atoms with E-state index in [9.17, 15) is 18.7 Å². The van der Waals surface area contributed by atoms with Crippen LogP contribution in [0.5, 0.6) is 0 Å². The minimum Gasteiger partial charge on any atom is -0.391 e. The third-order valence-corrected chi connectivity index (χ3v) is 4.23. The molecule has 1 aliphatic rings. The molecule has 5 nitrogen and oxygen atoms in total. The summed E-state index contributed by atoms with van der Waals surface area (Å²) in [5.41, 5.74) is 1.13. The minimum absolute atomic E-state index is 0.0649. The van der Waals surface area contributed by atoms with Crippen LogP contribution in [0, 0.1) is 11.6 Å². The molecular formula is C17H19F2N3O2. The monoisotopic (exact) mass is 335 g/mol. The van der Waals surface area contributed by atoms with Gasteiger partial charge in [0.2, 0.25) is 0 Å². The van der Waals surface area contributed by atoms with E-state index in [1.807, 2.05) is 6.92 Å². The fourth-order valence-corrected chi connectivity index (χ4v) is 3.12. The van der Waals surface area contributed by atoms with E-state index in [0.717, 1.165) is 36.7 Å². The molecule has 128 valence electrons. The number of nitrogens with one attached hydrogen (secondary N) is 1. The molecule has 0 spiro atoms. The Morgan fingerprint density at radius 3 is 2.96 bits per heavy atom. The van der Waals surface area contributed by atoms with Crippen LogP contribution in [0.4, 0.5) is 8.78 Å². The van der Waals surface area contributed by atoms with Crippen LogP contribution in [0.25, 0.3) is 0 Å². The van der Waals surface area contributed by atoms with Crippen molar-refractivity contribution in [1.82, 2.24) is 15.1 Å². The second kappa shape index (κ2) is 6.68. The Bertz CT molecular complexity index is 747. The molecule has 1 saturated heterocycles. The van der Waals surface area contributed by atoms with Gasteiger partial charge in [-0.3, -0.25) is 9.89 Å². The van der Waals surface area contributed by atoms with Crippen molar-refractivity contribution < 1.29 is 18.7 Å². The Morgan fingerprint density at radius 1 is 1.42 bits per heavy atom. The predicted molar refractivity (Wildman–Crippen MR) is 83.3 cm³/mol. The molecule has 7 heteroatoms. The number of aromatic nitrogens is 2. The smallest absolute Gasteiger partial charge is 0.274 e. The molecule has 24 heavy (non-hydrogen) atoms. The van der Waals surface area contributed by atoms with E-state index in [1.54, 1.807) is 6.07 Å². The van der Waals surface area contributed by atoms with Gasteiger partial charge in [-0.25, -0.2) is 8.78 Å². The lowest BCUT2D eigenvalue weighted by molar-refractivity contribution is 0.0707. The van der Waals surface area contributed by atoms with Crippen LogP contribution in [0.2, 0.25) is 0 Å². The van der Waals surface area contributed by atoms with Crippen LogP contribution in [0.15, 0.2) is 24.3 Å². The molecule has 1 amide bonds. The molecule has 0 saturated carbocycles. The van der Waals surface area contributed by atoms with E-state index in [-0.39, 0.29) is 24.2 Å². The van der Waals surface area contributed by atoms with E-state index >= 15 is 0 Å². The fraction of sp³-hybridized carbons (Fsp3) is 0.412. The Hall–Kier alpha value is -2.28. The summed E-state index contributed by atoms with van der Waals surface area (Å²) < 4.78 is 27.6. The molecule has 1 aromatic heterocycles. The van der Waals surface area contributed by atoms with Gasteiger partial charge < -0.3 is 10.0 Å². The van der Waals surface area contributed by atoms with Crippen LogP contribution >= 0.6 is 0 Å². The topological polar surface area (TPSA) is 69.2 Å². The van der Waals surface area contributed by atoms with Gasteiger partial charge in [0.15, 0.2) is 0 Å². The third kappa shape index (κ3) is 3.17. The molecule has 0 bridgehead atoms. The second-order valence-corrected chi connectivity index (χ2v) is 6.06. The Morgan fingerprint density at radius 2 is 2.21 bits per heavy atom. The SMILES string of the molecule is CCCc1cc(C(=O)N2CC(O)CC2c2cc(F)ccc2F)n[nH]1. The van der Waals surface area contributed by atoms with Gasteiger partial charge in [-0.15, -0.1) is 0 Å². The van der Waals surface area contributed by atoms with Crippen LogP contribution in [-0.4, -0.2) is 38.8 Å². The standard InChI is InChI=1S/C17H19F2N3O2/c1-2-3-11-7-15(21-20-11)17(24)22-9-12(23)8-16(22)13-6-10(18)4-5-14(13)19/h4-7,12,16,23H,2-3,8-9H2,1H3,(H,20,21). The Labute approximate surface area is 138 Å². The van der Waals surface area contributed by atoms with Crippen molar-refractivity contribution >= 4 is 5.91 Å². The number of hydrogen-bond acceptors (Lipinski definition) is 3. The number of hydrogen-bond donors (Lipinski definition) is 2. The molecule has 2 aromatic rings. The van der Waals surface area contributed by atoms with Gasteiger partial charge in [0.05, 0.1) is 12.1 Å². The molecule has 1 fully saturated rings. The molecule has 2 atom stereocenters. The summed E-state index contributed by atoms with van der Waals surface area (Å²) in [7, 11) is 0. The molecule has 2 N–H and O–H groups in total. The predicted octanol–water partition coefficient (Wildman–Crippen LogP) is 2.59. The molecule has 1 aromatic carbocycles. The lowest BCUT2D eigenvalue weighted by Crippen LogP contribution is -2.32. The van der Waals surface area contributed by atoms with Crippen molar-refractivity contribution in [1.29, 1.82) is 0 Å². The number of benzene rings is 1. The van der Waals surface area contributed by atoms with Gasteiger partial charge in [-0.05, 0) is 37.1 Å². The Balaban J connectivity index is 1.89. The molecular weight excluding hydrogens is 316 g/mol. The fourth-order valence-electron chi connectivity index (χ4n) is 3.12. The number of rotatable bonds is 4. The highest BCUT2D eigenvalue weighted by molar-refractivity contribution is 5.93. The number of aromatic amines is 1. The van der Waals surface area contributed by atoms with Crippen molar-refractivity contribution in [2.45, 2.75) is 38.3 Å². The summed E-state index contributed by atoms with van der Waals surface area (Å²) in [6, 6.07) is 4.09. The first-order chi connectivity index (χ1) is 11.5. The first kappa shape index (κ1) is 16.6. The van der Waals surface area contributed by atoms with Gasteiger partial charge in [-0.1, -0.05) is 13.3 Å². The third-order valence-electron chi connectivity index (χ3n) is 4.23. The number of β-amino-alcohol motifs (C(OH)–C–C–N with tert-alkyl or cyclic N) is 1. The van der Waals surface area contributed by atoms with Crippen LogP contribution in [0.3, 0.4) is 0 Å². The number of H-pyrrole nitrogens is 1. The van der Waals surface area contributed by atoms with Crippen LogP contribution in [-0.2, 0) is 6.42 Å². The molecule has 0 aliphatic carbocycles. The minimum atomic E-state index is -0.782. The van der Waals surface area contributed by atoms with Crippen molar-refractivity contribution in [3.8, 4) is 0 Å². The largest absolute Gasteiger partial charge is 0.391 e. The number of aryl methyl sites for hydroxylation is 1. The highest BCUT2D eigenvalue weighted by Gasteiger charge is 2.38.